The second-order valence-electron chi connectivity index (χ2n) is 13.9. The number of hydrogen-bond acceptors (Lipinski definition) is 20. The van der Waals surface area contributed by atoms with Crippen molar-refractivity contribution in [1.82, 2.24) is 40.5 Å². The molecule has 0 radical (unpaired) electrons. The first-order valence-electron chi connectivity index (χ1n) is 19.8. The van der Waals surface area contributed by atoms with Gasteiger partial charge in [0.2, 0.25) is 29.7 Å². The first-order chi connectivity index (χ1) is 32.0. The van der Waals surface area contributed by atoms with Gasteiger partial charge in [-0.15, -0.1) is 0 Å². The highest BCUT2D eigenvalue weighted by atomic mass is 32.2. The number of aliphatic hydroxyl groups excluding tert-OH is 3. The summed E-state index contributed by atoms with van der Waals surface area (Å²) in [5.41, 5.74) is 1.79. The molecule has 0 atom stereocenters. The van der Waals surface area contributed by atoms with Crippen molar-refractivity contribution in [2.24, 2.45) is 0 Å². The average molecular weight is 958 g/mol. The number of hydrogen-bond donors (Lipinski definition) is 12. The highest BCUT2D eigenvalue weighted by Crippen LogP contribution is 2.29. The lowest BCUT2D eigenvalue weighted by atomic mass is 10.1. The predicted octanol–water partition coefficient (Wildman–Crippen LogP) is 2.85. The number of benzene rings is 4. The van der Waals surface area contributed by atoms with Gasteiger partial charge in [0.05, 0.1) is 19.8 Å². The van der Waals surface area contributed by atoms with Crippen LogP contribution in [0.25, 0.3) is 12.2 Å². The number of nitrogens with zero attached hydrogens (tertiary/aromatic N) is 6. The minimum absolute atomic E-state index is 0.00136. The van der Waals surface area contributed by atoms with E-state index in [0.29, 0.717) is 22.5 Å². The molecule has 67 heavy (non-hydrogen) atoms. The van der Waals surface area contributed by atoms with E-state index >= 15 is 0 Å². The lowest BCUT2D eigenvalue weighted by Crippen LogP contribution is -2.26. The summed E-state index contributed by atoms with van der Waals surface area (Å²) in [6, 6.07) is 20.3. The maximum Gasteiger partial charge on any atom is 0.295 e. The Hall–Kier alpha value is -7.72. The smallest absolute Gasteiger partial charge is 0.295 e. The normalized spacial score (nSPS) is 11.5. The third-order valence-electron chi connectivity index (χ3n) is 8.92. The molecule has 0 aliphatic heterocycles. The van der Waals surface area contributed by atoms with Gasteiger partial charge in [0.25, 0.3) is 32.1 Å². The molecule has 2 amide bonds. The number of carbonyl (C=O) groups excluding carboxylic acids is 2. The predicted molar refractivity (Wildman–Crippen MR) is 246 cm³/mol. The van der Waals surface area contributed by atoms with Crippen LogP contribution in [0, 0.1) is 6.92 Å². The molecular formula is C41H43N13O11S2. The summed E-state index contributed by atoms with van der Waals surface area (Å²) in [7, 11) is -9.80. The third-order valence-corrected chi connectivity index (χ3v) is 10.7. The minimum atomic E-state index is -4.92. The maximum absolute atomic E-state index is 12.7. The quantitative estimate of drug-likeness (QED) is 0.0364. The van der Waals surface area contributed by atoms with E-state index in [1.807, 2.05) is 0 Å². The molecule has 24 nitrogen and oxygen atoms in total. The van der Waals surface area contributed by atoms with Crippen molar-refractivity contribution in [1.29, 1.82) is 0 Å². The van der Waals surface area contributed by atoms with Gasteiger partial charge in [-0.1, -0.05) is 24.3 Å². The van der Waals surface area contributed by atoms with Gasteiger partial charge in [-0.05, 0) is 90.8 Å². The highest BCUT2D eigenvalue weighted by molar-refractivity contribution is 7.86. The molecule has 0 fully saturated rings. The summed E-state index contributed by atoms with van der Waals surface area (Å²) in [5.74, 6) is -0.428. The number of rotatable bonds is 21. The SMILES string of the molecule is Cc1nc(Nc2ccc(C(=O)NCCO)cc2)nc(Nc2ccc(C=Cc3ccc(Nc4nc(NCCO)nc(Nc5ccc(C(=O)NCCO)cc5)n4)cc3S(=O)(=O)O)c(S(=O)(=O)O)c2)n1. The molecule has 0 unspecified atom stereocenters. The van der Waals surface area contributed by atoms with Crippen LogP contribution in [0.4, 0.5) is 52.5 Å². The van der Waals surface area contributed by atoms with Crippen LogP contribution in [-0.4, -0.2) is 122 Å². The van der Waals surface area contributed by atoms with Crippen LogP contribution < -0.4 is 37.2 Å². The van der Waals surface area contributed by atoms with E-state index < -0.39 is 30.0 Å². The van der Waals surface area contributed by atoms with Crippen molar-refractivity contribution in [3.05, 3.63) is 113 Å². The Balaban J connectivity index is 1.21. The van der Waals surface area contributed by atoms with Gasteiger partial charge in [-0.2, -0.15) is 46.7 Å². The number of nitrogens with one attached hydrogen (secondary N) is 7. The van der Waals surface area contributed by atoms with Gasteiger partial charge < -0.3 is 52.5 Å². The van der Waals surface area contributed by atoms with E-state index in [1.54, 1.807) is 43.3 Å². The van der Waals surface area contributed by atoms with E-state index in [4.69, 9.17) is 10.2 Å². The van der Waals surface area contributed by atoms with Crippen molar-refractivity contribution >= 4 is 96.7 Å². The van der Waals surface area contributed by atoms with Gasteiger partial charge >= 0.3 is 0 Å². The molecule has 26 heteroatoms. The zero-order chi connectivity index (χ0) is 48.1. The van der Waals surface area contributed by atoms with Crippen molar-refractivity contribution < 1.29 is 50.8 Å². The minimum Gasteiger partial charge on any atom is -0.395 e. The third kappa shape index (κ3) is 13.9. The number of aryl methyl sites for hydroxylation is 1. The largest absolute Gasteiger partial charge is 0.395 e. The number of amides is 2. The molecular weight excluding hydrogens is 915 g/mol. The molecule has 0 spiro atoms. The standard InChI is InChI=1S/C41H43N13O11S2/c1-24-45-38(47-29-10-6-27(7-11-29)35(58)42-16-19-55)53-39(46-24)49-31-14-4-25(33(22-31)66(60,61)62)2-3-26-5-15-32(23-34(26)67(63,64)65)50-41-52-37(44-18-21-57)51-40(54-41)48-30-12-8-28(9-13-30)36(59)43-17-20-56/h2-15,22-23,55-57H,16-21H2,1H3,(H,42,58)(H,43,59)(H,60,61,62)(H,63,64,65)(H2,45,46,47,49,53)(H3,44,48,50,51,52,54). The van der Waals surface area contributed by atoms with Crippen LogP contribution in [-0.2, 0) is 20.2 Å². The lowest BCUT2D eigenvalue weighted by Gasteiger charge is -2.13. The van der Waals surface area contributed by atoms with E-state index in [9.17, 15) is 40.6 Å². The molecule has 0 saturated heterocycles. The molecule has 2 aromatic heterocycles. The summed E-state index contributed by atoms with van der Waals surface area (Å²) in [4.78, 5) is 48.9. The fourth-order valence-corrected chi connectivity index (χ4v) is 7.34. The Morgan fingerprint density at radius 1 is 0.493 bits per heavy atom. The lowest BCUT2D eigenvalue weighted by molar-refractivity contribution is 0.0937. The topological polar surface area (TPSA) is 365 Å². The fraction of sp³-hybridized carbons (Fsp3) is 0.171. The van der Waals surface area contributed by atoms with E-state index in [0.717, 1.165) is 12.1 Å². The fourth-order valence-electron chi connectivity index (χ4n) is 5.92. The van der Waals surface area contributed by atoms with Crippen molar-refractivity contribution in [2.75, 3.05) is 66.0 Å². The van der Waals surface area contributed by atoms with Crippen molar-refractivity contribution in [2.45, 2.75) is 16.7 Å². The van der Waals surface area contributed by atoms with E-state index in [-0.39, 0.29) is 109 Å². The second kappa shape index (κ2) is 22.0. The number of aromatic nitrogens is 6. The van der Waals surface area contributed by atoms with Crippen LogP contribution in [0.15, 0.2) is 94.7 Å². The number of carbonyl (C=O) groups is 2. The average Bonchev–Trinajstić information content (AvgIpc) is 3.28. The number of anilines is 9. The van der Waals surface area contributed by atoms with Crippen LogP contribution in [0.1, 0.15) is 37.7 Å². The van der Waals surface area contributed by atoms with Gasteiger partial charge in [0.15, 0.2) is 0 Å². The van der Waals surface area contributed by atoms with Crippen LogP contribution in [0.5, 0.6) is 0 Å². The second-order valence-corrected chi connectivity index (χ2v) is 16.7. The molecule has 0 aliphatic rings. The number of aliphatic hydroxyl groups is 3. The van der Waals surface area contributed by atoms with Crippen LogP contribution >= 0.6 is 0 Å². The maximum atomic E-state index is 12.7. The summed E-state index contributed by atoms with van der Waals surface area (Å²) in [6.45, 7) is 1.19. The first kappa shape index (κ1) is 48.7. The molecule has 2 heterocycles. The zero-order valence-corrected chi connectivity index (χ0v) is 36.8. The Labute approximate surface area is 382 Å². The molecule has 0 aliphatic carbocycles. The van der Waals surface area contributed by atoms with Crippen LogP contribution in [0.3, 0.4) is 0 Å². The first-order valence-corrected chi connectivity index (χ1v) is 22.7. The molecule has 350 valence electrons. The summed E-state index contributed by atoms with van der Waals surface area (Å²) >= 11 is 0. The molecule has 0 bridgehead atoms. The van der Waals surface area contributed by atoms with E-state index in [1.165, 1.54) is 48.6 Å². The van der Waals surface area contributed by atoms with Crippen LogP contribution in [0.2, 0.25) is 0 Å². The van der Waals surface area contributed by atoms with Crippen molar-refractivity contribution in [3.8, 4) is 0 Å². The Morgan fingerprint density at radius 3 is 1.21 bits per heavy atom. The highest BCUT2D eigenvalue weighted by Gasteiger charge is 2.19. The Bertz CT molecular complexity index is 3000. The molecule has 6 aromatic rings. The molecule has 4 aromatic carbocycles. The monoisotopic (exact) mass is 957 g/mol. The Kier molecular flexibility index (Phi) is 16.0. The summed E-state index contributed by atoms with van der Waals surface area (Å²) in [5, 5.41) is 46.9. The van der Waals surface area contributed by atoms with Gasteiger partial charge in [0, 0.05) is 53.5 Å². The van der Waals surface area contributed by atoms with Gasteiger partial charge in [-0.3, -0.25) is 18.7 Å². The van der Waals surface area contributed by atoms with E-state index in [2.05, 4.69) is 67.1 Å². The summed E-state index contributed by atoms with van der Waals surface area (Å²) < 4.78 is 71.0. The summed E-state index contributed by atoms with van der Waals surface area (Å²) in [6.07, 6.45) is 2.44. The molecule has 12 N–H and O–H groups in total. The Morgan fingerprint density at radius 2 is 0.836 bits per heavy atom. The molecule has 0 saturated carbocycles. The molecule has 6 rings (SSSR count). The zero-order valence-electron chi connectivity index (χ0n) is 35.2. The van der Waals surface area contributed by atoms with Gasteiger partial charge in [-0.25, -0.2) is 0 Å². The van der Waals surface area contributed by atoms with Crippen molar-refractivity contribution in [3.63, 3.8) is 0 Å². The van der Waals surface area contributed by atoms with Gasteiger partial charge in [0.1, 0.15) is 15.6 Å².